The molecule has 9 heteroatoms. The molecule has 0 aliphatic rings. The number of unbranched alkanes of at least 4 members (excludes halogenated alkanes) is 32. The molecule has 0 aliphatic heterocycles. The lowest BCUT2D eigenvalue weighted by Crippen LogP contribution is -2.43. The fourth-order valence-corrected chi connectivity index (χ4v) is 9.93. The van der Waals surface area contributed by atoms with Crippen molar-refractivity contribution in [2.45, 2.75) is 297 Å². The summed E-state index contributed by atoms with van der Waals surface area (Å²) in [5, 5.41) is 15.4. The predicted molar refractivity (Wildman–Crippen MR) is 264 cm³/mol. The van der Waals surface area contributed by atoms with Crippen LogP contribution in [0.4, 0.5) is 0 Å². The molecule has 0 aromatic heterocycles. The summed E-state index contributed by atoms with van der Waals surface area (Å²) in [6, 6.07) is 2.49. The van der Waals surface area contributed by atoms with Gasteiger partial charge in [-0.3, -0.25) is 9.59 Å². The average molecular weight is 879 g/mol. The highest BCUT2D eigenvalue weighted by molar-refractivity contribution is 7.44. The fraction of sp³-hybridized carbons (Fsp3) is 0.942. The third-order valence-electron chi connectivity index (χ3n) is 12.0. The van der Waals surface area contributed by atoms with E-state index in [0.717, 1.165) is 25.7 Å². The molecule has 0 heterocycles. The van der Waals surface area contributed by atoms with Crippen LogP contribution in [0, 0.1) is 11.3 Å². The Bertz CT molecular complexity index is 931. The zero-order chi connectivity index (χ0) is 44.9. The van der Waals surface area contributed by atoms with E-state index in [1.165, 1.54) is 193 Å². The van der Waals surface area contributed by atoms with Crippen LogP contribution in [0.25, 0.3) is 0 Å². The quantitative estimate of drug-likeness (QED) is 0.0466. The lowest BCUT2D eigenvalue weighted by Gasteiger charge is -2.37. The largest absolute Gasteiger partial charge is 0.353 e. The van der Waals surface area contributed by atoms with Crippen LogP contribution in [0.3, 0.4) is 0 Å². The Morgan fingerprint density at radius 2 is 0.770 bits per heavy atom. The van der Waals surface area contributed by atoms with Crippen molar-refractivity contribution >= 4 is 20.3 Å². The minimum absolute atomic E-state index is 0.0312. The van der Waals surface area contributed by atoms with Gasteiger partial charge < -0.3 is 19.7 Å². The highest BCUT2D eigenvalue weighted by Crippen LogP contribution is 2.47. The van der Waals surface area contributed by atoms with E-state index in [1.54, 1.807) is 0 Å². The van der Waals surface area contributed by atoms with E-state index >= 15 is 0 Å². The molecule has 0 aromatic rings. The second kappa shape index (κ2) is 46.7. The van der Waals surface area contributed by atoms with Gasteiger partial charge in [0, 0.05) is 38.0 Å². The number of hydrogen-bond acceptors (Lipinski definition) is 6. The van der Waals surface area contributed by atoms with Crippen molar-refractivity contribution < 1.29 is 18.6 Å². The molecule has 0 radical (unpaired) electrons. The molecule has 360 valence electrons. The van der Waals surface area contributed by atoms with Crippen molar-refractivity contribution in [2.75, 3.05) is 19.7 Å². The highest BCUT2D eigenvalue weighted by atomic mass is 31.2. The Labute approximate surface area is 381 Å². The van der Waals surface area contributed by atoms with E-state index in [2.05, 4.69) is 62.9 Å². The number of nitrogens with one attached hydrogen (secondary N) is 2. The first-order valence-electron chi connectivity index (χ1n) is 26.5. The number of carbonyl (C=O) groups excluding carboxylic acids is 2. The standard InChI is InChI=1S/C52H103N4O4P/c1-7-9-11-13-15-17-19-21-23-25-27-29-31-33-35-37-39-42-51(57)54-46-50(60-61(59-45-41-44-53)56(48(3)4)49(5)6)47-55-52(58)43-40-38-36-34-32-30-28-26-24-22-20-18-16-14-12-10-8-2/h48-50H,7-43,45-47H2,1-6H3,(H,54,57)(H,55,58). The number of nitrogens with zero attached hydrogens (tertiary/aromatic N) is 2. The predicted octanol–water partition coefficient (Wildman–Crippen LogP) is 16.0. The van der Waals surface area contributed by atoms with Gasteiger partial charge in [0.1, 0.15) is 6.10 Å². The van der Waals surface area contributed by atoms with Gasteiger partial charge in [-0.05, 0) is 40.5 Å². The molecule has 0 aromatic carbocycles. The molecule has 8 nitrogen and oxygen atoms in total. The first kappa shape index (κ1) is 59.7. The normalized spacial score (nSPS) is 12.2. The zero-order valence-corrected chi connectivity index (χ0v) is 42.4. The van der Waals surface area contributed by atoms with Gasteiger partial charge >= 0.3 is 0 Å². The summed E-state index contributed by atoms with van der Waals surface area (Å²) < 4.78 is 14.9. The molecule has 0 saturated heterocycles. The van der Waals surface area contributed by atoms with E-state index in [0.29, 0.717) is 25.9 Å². The van der Waals surface area contributed by atoms with Crippen LogP contribution < -0.4 is 10.6 Å². The van der Waals surface area contributed by atoms with Gasteiger partial charge in [-0.2, -0.15) is 5.26 Å². The molecule has 0 aliphatic carbocycles. The third kappa shape index (κ3) is 41.2. The summed E-state index contributed by atoms with van der Waals surface area (Å²) in [5.41, 5.74) is 0. The maximum atomic E-state index is 13.0. The molecule has 61 heavy (non-hydrogen) atoms. The van der Waals surface area contributed by atoms with E-state index in [9.17, 15) is 9.59 Å². The number of hydrogen-bond donors (Lipinski definition) is 2. The van der Waals surface area contributed by atoms with E-state index in [4.69, 9.17) is 14.3 Å². The van der Waals surface area contributed by atoms with Gasteiger partial charge in [-0.15, -0.1) is 0 Å². The first-order valence-corrected chi connectivity index (χ1v) is 27.7. The van der Waals surface area contributed by atoms with Gasteiger partial charge in [0.15, 0.2) is 0 Å². The van der Waals surface area contributed by atoms with Crippen molar-refractivity contribution in [3.63, 3.8) is 0 Å². The molecule has 0 bridgehead atoms. The van der Waals surface area contributed by atoms with Crippen molar-refractivity contribution in [2.24, 2.45) is 0 Å². The summed E-state index contributed by atoms with van der Waals surface area (Å²) in [6.07, 6.45) is 45.7. The molecule has 0 fully saturated rings. The average Bonchev–Trinajstić information content (AvgIpc) is 3.23. The summed E-state index contributed by atoms with van der Waals surface area (Å²) in [7, 11) is -1.50. The van der Waals surface area contributed by atoms with Gasteiger partial charge in [0.05, 0.1) is 19.1 Å². The Balaban J connectivity index is 4.49. The van der Waals surface area contributed by atoms with Crippen LogP contribution in [0.15, 0.2) is 0 Å². The molecule has 0 spiro atoms. The van der Waals surface area contributed by atoms with E-state index < -0.39 is 14.6 Å². The molecule has 1 atom stereocenters. The molecule has 1 unspecified atom stereocenters. The Morgan fingerprint density at radius 1 is 0.492 bits per heavy atom. The Kier molecular flexibility index (Phi) is 45.8. The fourth-order valence-electron chi connectivity index (χ4n) is 8.22. The minimum Gasteiger partial charge on any atom is -0.353 e. The summed E-state index contributed by atoms with van der Waals surface area (Å²) >= 11 is 0. The van der Waals surface area contributed by atoms with Crippen LogP contribution in [0.5, 0.6) is 0 Å². The Hall–Kier alpha value is -1.26. The van der Waals surface area contributed by atoms with E-state index in [-0.39, 0.29) is 36.9 Å². The summed E-state index contributed by atoms with van der Waals surface area (Å²) in [5.74, 6) is 0.0624. The number of nitriles is 1. The second-order valence-electron chi connectivity index (χ2n) is 18.7. The lowest BCUT2D eigenvalue weighted by molar-refractivity contribution is -0.121. The smallest absolute Gasteiger partial charge is 0.259 e. The van der Waals surface area contributed by atoms with Gasteiger partial charge in [0.25, 0.3) is 8.53 Å². The van der Waals surface area contributed by atoms with Crippen molar-refractivity contribution in [1.82, 2.24) is 15.3 Å². The van der Waals surface area contributed by atoms with Crippen LogP contribution >= 0.6 is 8.53 Å². The highest BCUT2D eigenvalue weighted by Gasteiger charge is 2.30. The Morgan fingerprint density at radius 3 is 1.03 bits per heavy atom. The number of carbonyl (C=O) groups is 2. The number of rotatable bonds is 48. The second-order valence-corrected chi connectivity index (χ2v) is 20.1. The topological polar surface area (TPSA) is 104 Å². The van der Waals surface area contributed by atoms with Crippen molar-refractivity contribution in [1.29, 1.82) is 5.26 Å². The SMILES string of the molecule is CCCCCCCCCCCCCCCCCCCC(=O)NCC(CNC(=O)CCCCCCCCCCCCCCCCCCC)OP(OCCC#N)N(C(C)C)C(C)C. The van der Waals surface area contributed by atoms with Crippen LogP contribution in [-0.2, 0) is 18.6 Å². The van der Waals surface area contributed by atoms with Gasteiger partial charge in [-0.1, -0.05) is 219 Å². The summed E-state index contributed by atoms with van der Waals surface area (Å²) in [6.45, 7) is 13.9. The summed E-state index contributed by atoms with van der Waals surface area (Å²) in [4.78, 5) is 25.9. The van der Waals surface area contributed by atoms with Crippen LogP contribution in [0.2, 0.25) is 0 Å². The lowest BCUT2D eigenvalue weighted by atomic mass is 10.0. The molecule has 2 N–H and O–H groups in total. The van der Waals surface area contributed by atoms with E-state index in [1.807, 2.05) is 0 Å². The van der Waals surface area contributed by atoms with Crippen LogP contribution in [-0.4, -0.2) is 54.4 Å². The first-order chi connectivity index (χ1) is 29.8. The van der Waals surface area contributed by atoms with Gasteiger partial charge in [-0.25, -0.2) is 4.67 Å². The number of amides is 2. The maximum Gasteiger partial charge on any atom is 0.259 e. The monoisotopic (exact) mass is 879 g/mol. The molecule has 0 rings (SSSR count). The molecule has 0 saturated carbocycles. The zero-order valence-electron chi connectivity index (χ0n) is 41.5. The van der Waals surface area contributed by atoms with Crippen molar-refractivity contribution in [3.8, 4) is 6.07 Å². The van der Waals surface area contributed by atoms with Crippen molar-refractivity contribution in [3.05, 3.63) is 0 Å². The maximum absolute atomic E-state index is 13.0. The van der Waals surface area contributed by atoms with Crippen LogP contribution in [0.1, 0.15) is 279 Å². The third-order valence-corrected chi connectivity index (χ3v) is 14.2. The minimum atomic E-state index is -1.50. The molecule has 2 amide bonds. The molecular formula is C52H103N4O4P. The molecular weight excluding hydrogens is 776 g/mol. The van der Waals surface area contributed by atoms with Gasteiger partial charge in [0.2, 0.25) is 11.8 Å².